The highest BCUT2D eigenvalue weighted by Crippen LogP contribution is 2.64. The molecule has 0 spiro atoms. The van der Waals surface area contributed by atoms with Gasteiger partial charge in [0.25, 0.3) is 0 Å². The summed E-state index contributed by atoms with van der Waals surface area (Å²) < 4.78 is 0.837. The van der Waals surface area contributed by atoms with Crippen LogP contribution in [0.3, 0.4) is 0 Å². The quantitative estimate of drug-likeness (QED) is 0.883. The molecule has 0 aliphatic heterocycles. The molecular weight excluding hydrogens is 311 g/mol. The van der Waals surface area contributed by atoms with Crippen LogP contribution >= 0.6 is 23.2 Å². The van der Waals surface area contributed by atoms with Gasteiger partial charge in [0, 0.05) is 18.3 Å². The minimum atomic E-state index is -0.974. The summed E-state index contributed by atoms with van der Waals surface area (Å²) in [7, 11) is 1.86. The van der Waals surface area contributed by atoms with Gasteiger partial charge >= 0.3 is 0 Å². The Morgan fingerprint density at radius 3 is 2.71 bits per heavy atom. The van der Waals surface area contributed by atoms with Gasteiger partial charge in [-0.05, 0) is 25.5 Å². The van der Waals surface area contributed by atoms with Gasteiger partial charge in [-0.1, -0.05) is 12.1 Å². The summed E-state index contributed by atoms with van der Waals surface area (Å²) in [4.78, 5) is 12.3. The Labute approximate surface area is 132 Å². The van der Waals surface area contributed by atoms with E-state index in [0.717, 1.165) is 11.4 Å². The van der Waals surface area contributed by atoms with Crippen molar-refractivity contribution in [1.29, 1.82) is 0 Å². The first kappa shape index (κ1) is 14.4. The molecule has 0 radical (unpaired) electrons. The Balaban J connectivity index is 1.82. The maximum atomic E-state index is 12.3. The molecule has 0 saturated heterocycles. The van der Waals surface area contributed by atoms with Crippen molar-refractivity contribution in [3.8, 4) is 11.4 Å². The van der Waals surface area contributed by atoms with Gasteiger partial charge in [-0.15, -0.1) is 33.4 Å². The van der Waals surface area contributed by atoms with Crippen LogP contribution in [-0.2, 0) is 11.8 Å². The minimum absolute atomic E-state index is 0.178. The number of alkyl halides is 2. The molecule has 1 aliphatic carbocycles. The number of carbonyl (C=O) groups is 1. The predicted octanol–water partition coefficient (Wildman–Crippen LogP) is 3.00. The number of hydrogen-bond donors (Lipinski definition) is 1. The molecule has 1 N–H and O–H groups in total. The Kier molecular flexibility index (Phi) is 3.22. The Morgan fingerprint density at radius 1 is 1.43 bits per heavy atom. The highest BCUT2D eigenvalue weighted by Gasteiger charge is 2.67. The third-order valence-corrected chi connectivity index (χ3v) is 4.95. The van der Waals surface area contributed by atoms with Crippen molar-refractivity contribution in [1.82, 2.24) is 14.8 Å². The van der Waals surface area contributed by atoms with E-state index in [4.69, 9.17) is 23.2 Å². The first-order valence-corrected chi connectivity index (χ1v) is 7.23. The lowest BCUT2D eigenvalue weighted by atomic mass is 10.1. The average molecular weight is 325 g/mol. The fourth-order valence-corrected chi connectivity index (χ4v) is 2.90. The van der Waals surface area contributed by atoms with Gasteiger partial charge in [0.2, 0.25) is 5.91 Å². The van der Waals surface area contributed by atoms with E-state index in [2.05, 4.69) is 15.5 Å². The zero-order valence-corrected chi connectivity index (χ0v) is 13.1. The van der Waals surface area contributed by atoms with Crippen LogP contribution in [0.25, 0.3) is 11.4 Å². The number of anilines is 1. The molecule has 1 fully saturated rings. The van der Waals surface area contributed by atoms with Gasteiger partial charge in [-0.25, -0.2) is 0 Å². The summed E-state index contributed by atoms with van der Waals surface area (Å²) in [6.45, 7) is 1.76. The monoisotopic (exact) mass is 324 g/mol. The van der Waals surface area contributed by atoms with Gasteiger partial charge in [0.05, 0.1) is 5.41 Å². The van der Waals surface area contributed by atoms with Crippen LogP contribution in [0.15, 0.2) is 30.6 Å². The van der Waals surface area contributed by atoms with E-state index in [1.807, 2.05) is 35.9 Å². The summed E-state index contributed by atoms with van der Waals surface area (Å²) in [5.74, 6) is 0.551. The largest absolute Gasteiger partial charge is 0.326 e. The maximum Gasteiger partial charge on any atom is 0.233 e. The van der Waals surface area contributed by atoms with E-state index < -0.39 is 9.75 Å². The van der Waals surface area contributed by atoms with E-state index in [9.17, 15) is 4.79 Å². The maximum absolute atomic E-state index is 12.3. The summed E-state index contributed by atoms with van der Waals surface area (Å²) in [6, 6.07) is 7.42. The third-order valence-electron chi connectivity index (χ3n) is 3.85. The molecular formula is C14H14Cl2N4O. The second-order valence-electron chi connectivity index (χ2n) is 5.51. The molecule has 1 aliphatic rings. The highest BCUT2D eigenvalue weighted by atomic mass is 35.5. The van der Waals surface area contributed by atoms with E-state index in [1.54, 1.807) is 13.3 Å². The number of rotatable bonds is 3. The van der Waals surface area contributed by atoms with Crippen molar-refractivity contribution in [3.63, 3.8) is 0 Å². The highest BCUT2D eigenvalue weighted by molar-refractivity contribution is 6.53. The number of halogens is 2. The normalized spacial score (nSPS) is 22.9. The predicted molar refractivity (Wildman–Crippen MR) is 82.2 cm³/mol. The summed E-state index contributed by atoms with van der Waals surface area (Å²) in [6.07, 6.45) is 2.08. The number of benzene rings is 1. The Hall–Kier alpha value is -1.59. The topological polar surface area (TPSA) is 59.8 Å². The molecule has 1 aromatic heterocycles. The summed E-state index contributed by atoms with van der Waals surface area (Å²) >= 11 is 12.1. The first-order chi connectivity index (χ1) is 9.83. The van der Waals surface area contributed by atoms with Gasteiger partial charge < -0.3 is 9.88 Å². The molecule has 21 heavy (non-hydrogen) atoms. The molecule has 5 nitrogen and oxygen atoms in total. The molecule has 1 saturated carbocycles. The van der Waals surface area contributed by atoms with Crippen LogP contribution < -0.4 is 5.32 Å². The smallest absolute Gasteiger partial charge is 0.233 e. The number of nitrogens with one attached hydrogen (secondary N) is 1. The molecule has 1 amide bonds. The van der Waals surface area contributed by atoms with Crippen molar-refractivity contribution in [2.24, 2.45) is 12.5 Å². The third kappa shape index (κ3) is 2.40. The molecule has 3 rings (SSSR count). The molecule has 2 aromatic rings. The van der Waals surface area contributed by atoms with Crippen LogP contribution in [0.2, 0.25) is 0 Å². The van der Waals surface area contributed by atoms with Gasteiger partial charge in [0.1, 0.15) is 10.7 Å². The number of aromatic nitrogens is 3. The lowest BCUT2D eigenvalue weighted by Gasteiger charge is -2.13. The van der Waals surface area contributed by atoms with Crippen molar-refractivity contribution in [3.05, 3.63) is 30.6 Å². The molecule has 1 aromatic carbocycles. The van der Waals surface area contributed by atoms with Gasteiger partial charge in [-0.3, -0.25) is 4.79 Å². The molecule has 0 unspecified atom stereocenters. The zero-order valence-electron chi connectivity index (χ0n) is 11.6. The van der Waals surface area contributed by atoms with Crippen molar-refractivity contribution in [2.75, 3.05) is 5.32 Å². The van der Waals surface area contributed by atoms with Crippen LogP contribution in [-0.4, -0.2) is 25.0 Å². The first-order valence-electron chi connectivity index (χ1n) is 6.47. The number of amides is 1. The van der Waals surface area contributed by atoms with Crippen LogP contribution in [0, 0.1) is 5.41 Å². The molecule has 110 valence electrons. The summed E-state index contributed by atoms with van der Waals surface area (Å²) in [5, 5.41) is 10.8. The Morgan fingerprint density at radius 2 is 2.14 bits per heavy atom. The lowest BCUT2D eigenvalue weighted by molar-refractivity contribution is -0.120. The average Bonchev–Trinajstić information content (AvgIpc) is 2.76. The lowest BCUT2D eigenvalue weighted by Crippen LogP contribution is -2.25. The molecule has 0 bridgehead atoms. The van der Waals surface area contributed by atoms with Crippen LogP contribution in [0.4, 0.5) is 5.69 Å². The van der Waals surface area contributed by atoms with Crippen molar-refractivity contribution in [2.45, 2.75) is 17.7 Å². The standard InChI is InChI=1S/C14H14Cl2N4O/c1-13(7-14(13,15)16)12(21)18-10-5-3-4-9(6-10)11-19-17-8-20(11)2/h3-6,8H,7H2,1-2H3,(H,18,21)/t13-/m1/s1. The summed E-state index contributed by atoms with van der Waals surface area (Å²) in [5.41, 5.74) is 0.811. The molecule has 1 heterocycles. The van der Waals surface area contributed by atoms with Gasteiger partial charge in [0.15, 0.2) is 5.82 Å². The zero-order chi connectivity index (χ0) is 15.3. The fraction of sp³-hybridized carbons (Fsp3) is 0.357. The molecule has 7 heteroatoms. The minimum Gasteiger partial charge on any atom is -0.326 e. The van der Waals surface area contributed by atoms with Crippen LogP contribution in [0.5, 0.6) is 0 Å². The van der Waals surface area contributed by atoms with E-state index >= 15 is 0 Å². The number of carbonyl (C=O) groups excluding carboxylic acids is 1. The van der Waals surface area contributed by atoms with E-state index in [0.29, 0.717) is 12.1 Å². The number of hydrogen-bond acceptors (Lipinski definition) is 3. The van der Waals surface area contributed by atoms with Crippen molar-refractivity contribution >= 4 is 34.8 Å². The fourth-order valence-electron chi connectivity index (χ4n) is 2.20. The second-order valence-corrected chi connectivity index (χ2v) is 7.00. The number of aryl methyl sites for hydroxylation is 1. The van der Waals surface area contributed by atoms with E-state index in [1.165, 1.54) is 0 Å². The van der Waals surface area contributed by atoms with Gasteiger partial charge in [-0.2, -0.15) is 0 Å². The second kappa shape index (κ2) is 4.71. The van der Waals surface area contributed by atoms with Crippen molar-refractivity contribution < 1.29 is 4.79 Å². The number of nitrogens with zero attached hydrogens (tertiary/aromatic N) is 3. The Bertz CT molecular complexity index is 713. The SMILES string of the molecule is Cn1cnnc1-c1cccc(NC(=O)[C@@]2(C)CC2(Cl)Cl)c1. The van der Waals surface area contributed by atoms with Crippen LogP contribution in [0.1, 0.15) is 13.3 Å². The molecule has 1 atom stereocenters. The van der Waals surface area contributed by atoms with E-state index in [-0.39, 0.29) is 5.91 Å².